The van der Waals surface area contributed by atoms with Gasteiger partial charge in [-0.3, -0.25) is 4.79 Å². The van der Waals surface area contributed by atoms with Crippen LogP contribution in [0.1, 0.15) is 57.4 Å². The van der Waals surface area contributed by atoms with Crippen LogP contribution in [0.4, 0.5) is 16.2 Å². The van der Waals surface area contributed by atoms with Crippen LogP contribution in [-0.4, -0.2) is 35.0 Å². The number of likely N-dealkylation sites (tertiary alicyclic amines) is 1. The van der Waals surface area contributed by atoms with E-state index in [0.29, 0.717) is 43.7 Å². The minimum atomic E-state index is -0.918. The summed E-state index contributed by atoms with van der Waals surface area (Å²) in [5.74, 6) is -0.00663. The number of piperidine rings is 1. The van der Waals surface area contributed by atoms with Gasteiger partial charge in [0.05, 0.1) is 5.60 Å². The molecule has 3 amide bonds. The molecule has 0 atom stereocenters. The van der Waals surface area contributed by atoms with E-state index < -0.39 is 5.60 Å². The van der Waals surface area contributed by atoms with Crippen LogP contribution < -0.4 is 10.6 Å². The number of nitrogens with zero attached hydrogens (tertiary/aromatic N) is 1. The number of hydrogen-bond acceptors (Lipinski definition) is 3. The molecule has 0 aromatic heterocycles. The molecule has 0 unspecified atom stereocenters. The third-order valence-corrected chi connectivity index (χ3v) is 6.44. The SMILES string of the molecule is CCCCCCC(=O)Nc1cccc(NC(=O)N2CCC(O)(c3ccc(Br)cc3)CC2)c1. The zero-order valence-electron chi connectivity index (χ0n) is 18.6. The molecule has 0 saturated carbocycles. The molecule has 0 aliphatic carbocycles. The summed E-state index contributed by atoms with van der Waals surface area (Å²) in [4.78, 5) is 26.6. The van der Waals surface area contributed by atoms with Crippen molar-refractivity contribution < 1.29 is 14.7 Å². The highest BCUT2D eigenvalue weighted by Crippen LogP contribution is 2.33. The Bertz CT molecular complexity index is 909. The van der Waals surface area contributed by atoms with Crippen molar-refractivity contribution in [1.29, 1.82) is 0 Å². The molecule has 0 bridgehead atoms. The van der Waals surface area contributed by atoms with E-state index in [4.69, 9.17) is 0 Å². The first-order valence-electron chi connectivity index (χ1n) is 11.3. The van der Waals surface area contributed by atoms with E-state index in [-0.39, 0.29) is 11.9 Å². The Hall–Kier alpha value is -2.38. The number of benzene rings is 2. The van der Waals surface area contributed by atoms with Crippen molar-refractivity contribution in [3.63, 3.8) is 0 Å². The predicted octanol–water partition coefficient (Wildman–Crippen LogP) is 5.87. The molecule has 3 N–H and O–H groups in total. The Morgan fingerprint density at radius 3 is 2.31 bits per heavy atom. The van der Waals surface area contributed by atoms with Crippen molar-refractivity contribution in [3.8, 4) is 0 Å². The van der Waals surface area contributed by atoms with Crippen LogP contribution >= 0.6 is 15.9 Å². The third kappa shape index (κ3) is 6.81. The predicted molar refractivity (Wildman–Crippen MR) is 132 cm³/mol. The Labute approximate surface area is 198 Å². The van der Waals surface area contributed by atoms with E-state index in [1.165, 1.54) is 0 Å². The molecule has 6 nitrogen and oxygen atoms in total. The lowest BCUT2D eigenvalue weighted by molar-refractivity contribution is -0.116. The number of halogens is 1. The molecule has 1 heterocycles. The van der Waals surface area contributed by atoms with E-state index >= 15 is 0 Å². The van der Waals surface area contributed by atoms with E-state index in [0.717, 1.165) is 35.7 Å². The Balaban J connectivity index is 1.50. The molecular weight excluding hydrogens is 470 g/mol. The number of nitrogens with one attached hydrogen (secondary N) is 2. The van der Waals surface area contributed by atoms with E-state index in [1.807, 2.05) is 36.4 Å². The van der Waals surface area contributed by atoms with E-state index in [9.17, 15) is 14.7 Å². The molecule has 3 rings (SSSR count). The van der Waals surface area contributed by atoms with Gasteiger partial charge in [-0.25, -0.2) is 4.79 Å². The highest BCUT2D eigenvalue weighted by molar-refractivity contribution is 9.10. The van der Waals surface area contributed by atoms with Gasteiger partial charge in [-0.1, -0.05) is 60.3 Å². The summed E-state index contributed by atoms with van der Waals surface area (Å²) in [6.07, 6.45) is 5.71. The summed E-state index contributed by atoms with van der Waals surface area (Å²) in [6.45, 7) is 3.07. The fourth-order valence-corrected chi connectivity index (χ4v) is 4.21. The van der Waals surface area contributed by atoms with Gasteiger partial charge < -0.3 is 20.6 Å². The van der Waals surface area contributed by atoms with Crippen LogP contribution in [0.3, 0.4) is 0 Å². The molecule has 172 valence electrons. The summed E-state index contributed by atoms with van der Waals surface area (Å²) in [6, 6.07) is 14.7. The van der Waals surface area contributed by atoms with Crippen molar-refractivity contribution in [2.45, 2.75) is 57.5 Å². The van der Waals surface area contributed by atoms with Gasteiger partial charge in [0, 0.05) is 35.4 Å². The maximum atomic E-state index is 12.7. The standard InChI is InChI=1S/C25H32BrN3O3/c1-2-3-4-5-9-23(30)27-21-7-6-8-22(18-21)28-24(31)29-16-14-25(32,15-17-29)19-10-12-20(26)13-11-19/h6-8,10-13,18,32H,2-5,9,14-17H2,1H3,(H,27,30)(H,28,31). The molecule has 1 fully saturated rings. The second kappa shape index (κ2) is 11.5. The number of unbranched alkanes of at least 4 members (excludes halogenated alkanes) is 3. The molecule has 0 spiro atoms. The second-order valence-corrected chi connectivity index (χ2v) is 9.31. The molecule has 1 aliphatic rings. The number of anilines is 2. The van der Waals surface area contributed by atoms with Crippen LogP contribution in [0.2, 0.25) is 0 Å². The molecule has 1 aliphatic heterocycles. The van der Waals surface area contributed by atoms with Gasteiger partial charge in [-0.2, -0.15) is 0 Å². The zero-order chi connectivity index (χ0) is 23.0. The monoisotopic (exact) mass is 501 g/mol. The summed E-state index contributed by atoms with van der Waals surface area (Å²) < 4.78 is 0.969. The molecule has 2 aromatic carbocycles. The van der Waals surface area contributed by atoms with Gasteiger partial charge in [0.2, 0.25) is 5.91 Å². The van der Waals surface area contributed by atoms with Crippen LogP contribution in [-0.2, 0) is 10.4 Å². The van der Waals surface area contributed by atoms with Crippen LogP contribution in [0, 0.1) is 0 Å². The second-order valence-electron chi connectivity index (χ2n) is 8.40. The molecule has 32 heavy (non-hydrogen) atoms. The maximum Gasteiger partial charge on any atom is 0.321 e. The minimum Gasteiger partial charge on any atom is -0.385 e. The average molecular weight is 502 g/mol. The third-order valence-electron chi connectivity index (χ3n) is 5.91. The van der Waals surface area contributed by atoms with Gasteiger partial charge >= 0.3 is 6.03 Å². The number of carbonyl (C=O) groups excluding carboxylic acids is 2. The van der Waals surface area contributed by atoms with Gasteiger partial charge in [0.25, 0.3) is 0 Å². The van der Waals surface area contributed by atoms with E-state index in [1.54, 1.807) is 17.0 Å². The van der Waals surface area contributed by atoms with Gasteiger partial charge in [-0.05, 0) is 55.2 Å². The summed E-state index contributed by atoms with van der Waals surface area (Å²) in [5, 5.41) is 16.8. The fourth-order valence-electron chi connectivity index (χ4n) is 3.94. The Morgan fingerprint density at radius 2 is 1.66 bits per heavy atom. The van der Waals surface area contributed by atoms with Gasteiger partial charge in [0.1, 0.15) is 0 Å². The largest absolute Gasteiger partial charge is 0.385 e. The lowest BCUT2D eigenvalue weighted by Gasteiger charge is -2.38. The quantitative estimate of drug-likeness (QED) is 0.395. The topological polar surface area (TPSA) is 81.7 Å². The summed E-state index contributed by atoms with van der Waals surface area (Å²) >= 11 is 3.42. The lowest BCUT2D eigenvalue weighted by Crippen LogP contribution is -2.46. The summed E-state index contributed by atoms with van der Waals surface area (Å²) in [5.41, 5.74) is 1.26. The smallest absolute Gasteiger partial charge is 0.321 e. The van der Waals surface area contributed by atoms with Crippen molar-refractivity contribution in [3.05, 3.63) is 58.6 Å². The first kappa shape index (κ1) is 24.3. The van der Waals surface area contributed by atoms with Crippen molar-refractivity contribution in [1.82, 2.24) is 4.90 Å². The van der Waals surface area contributed by atoms with Gasteiger partial charge in [0.15, 0.2) is 0 Å². The Morgan fingerprint density at radius 1 is 1.00 bits per heavy atom. The first-order chi connectivity index (χ1) is 15.4. The number of urea groups is 1. The number of carbonyl (C=O) groups is 2. The molecule has 1 saturated heterocycles. The Kier molecular flexibility index (Phi) is 8.70. The number of aliphatic hydroxyl groups is 1. The lowest BCUT2D eigenvalue weighted by atomic mass is 9.84. The fraction of sp³-hybridized carbons (Fsp3) is 0.440. The zero-order valence-corrected chi connectivity index (χ0v) is 20.2. The minimum absolute atomic E-state index is 0.00663. The van der Waals surface area contributed by atoms with Crippen molar-refractivity contribution in [2.24, 2.45) is 0 Å². The van der Waals surface area contributed by atoms with Crippen LogP contribution in [0.15, 0.2) is 53.0 Å². The highest BCUT2D eigenvalue weighted by atomic mass is 79.9. The van der Waals surface area contributed by atoms with Crippen LogP contribution in [0.25, 0.3) is 0 Å². The maximum absolute atomic E-state index is 12.7. The number of hydrogen-bond donors (Lipinski definition) is 3. The first-order valence-corrected chi connectivity index (χ1v) is 12.1. The summed E-state index contributed by atoms with van der Waals surface area (Å²) in [7, 11) is 0. The molecule has 2 aromatic rings. The van der Waals surface area contributed by atoms with Crippen molar-refractivity contribution in [2.75, 3.05) is 23.7 Å². The number of rotatable bonds is 8. The van der Waals surface area contributed by atoms with Crippen molar-refractivity contribution >= 4 is 39.2 Å². The normalized spacial score (nSPS) is 15.3. The molecule has 0 radical (unpaired) electrons. The number of amides is 3. The van der Waals surface area contributed by atoms with Crippen LogP contribution in [0.5, 0.6) is 0 Å². The van der Waals surface area contributed by atoms with E-state index in [2.05, 4.69) is 33.5 Å². The van der Waals surface area contributed by atoms with Gasteiger partial charge in [-0.15, -0.1) is 0 Å². The molecular formula is C25H32BrN3O3. The average Bonchev–Trinajstić information content (AvgIpc) is 2.78. The molecule has 7 heteroatoms. The highest BCUT2D eigenvalue weighted by Gasteiger charge is 2.35.